The molecule has 6 nitrogen and oxygen atoms in total. The molecule has 1 aliphatic rings. The SMILES string of the molecule is O=C(NC1CCN(CC(O)COc2cccc3ncccc23)CC1)C(CCCc1ccccc1)(CCCc1ccccc1)CCCc1ccccc1. The molecule has 272 valence electrons. The number of pyridine rings is 1. The minimum absolute atomic E-state index is 0.136. The summed E-state index contributed by atoms with van der Waals surface area (Å²) in [6, 6.07) is 41.9. The summed E-state index contributed by atoms with van der Waals surface area (Å²) >= 11 is 0. The van der Waals surface area contributed by atoms with E-state index in [2.05, 4.69) is 106 Å². The molecule has 1 atom stereocenters. The Morgan fingerprint density at radius 1 is 0.731 bits per heavy atom. The third kappa shape index (κ3) is 11.0. The van der Waals surface area contributed by atoms with Crippen LogP contribution in [-0.2, 0) is 24.1 Å². The van der Waals surface area contributed by atoms with Crippen LogP contribution in [0.4, 0.5) is 0 Å². The van der Waals surface area contributed by atoms with Gasteiger partial charge in [0, 0.05) is 42.7 Å². The lowest BCUT2D eigenvalue weighted by molar-refractivity contribution is -0.134. The molecule has 2 heterocycles. The second kappa shape index (κ2) is 19.4. The molecule has 1 unspecified atom stereocenters. The highest BCUT2D eigenvalue weighted by Crippen LogP contribution is 2.38. The lowest BCUT2D eigenvalue weighted by atomic mass is 9.72. The van der Waals surface area contributed by atoms with E-state index in [-0.39, 0.29) is 18.6 Å². The number of carbonyl (C=O) groups is 1. The first-order valence-electron chi connectivity index (χ1n) is 19.4. The zero-order valence-corrected chi connectivity index (χ0v) is 30.5. The molecular weight excluding hydrogens is 643 g/mol. The highest BCUT2D eigenvalue weighted by atomic mass is 16.5. The molecule has 0 spiro atoms. The van der Waals surface area contributed by atoms with Gasteiger partial charge in [-0.1, -0.05) is 97.1 Å². The number of aryl methyl sites for hydroxylation is 3. The van der Waals surface area contributed by atoms with Crippen LogP contribution in [-0.4, -0.2) is 59.3 Å². The van der Waals surface area contributed by atoms with Gasteiger partial charge in [0.1, 0.15) is 18.5 Å². The van der Waals surface area contributed by atoms with E-state index < -0.39 is 11.5 Å². The smallest absolute Gasteiger partial charge is 0.226 e. The fourth-order valence-corrected chi connectivity index (χ4v) is 7.88. The number of likely N-dealkylation sites (tertiary alicyclic amines) is 1. The zero-order valence-electron chi connectivity index (χ0n) is 30.5. The average Bonchev–Trinajstić information content (AvgIpc) is 3.19. The maximum absolute atomic E-state index is 14.6. The number of nitrogens with one attached hydrogen (secondary N) is 1. The quantitative estimate of drug-likeness (QED) is 0.0904. The van der Waals surface area contributed by atoms with Gasteiger partial charge >= 0.3 is 0 Å². The van der Waals surface area contributed by atoms with Crippen molar-refractivity contribution in [1.82, 2.24) is 15.2 Å². The van der Waals surface area contributed by atoms with Gasteiger partial charge in [-0.2, -0.15) is 0 Å². The second-order valence-electron chi connectivity index (χ2n) is 14.6. The Hall–Kier alpha value is -4.52. The van der Waals surface area contributed by atoms with Crippen molar-refractivity contribution in [3.8, 4) is 5.75 Å². The first-order chi connectivity index (χ1) is 25.6. The number of benzene rings is 4. The highest BCUT2D eigenvalue weighted by molar-refractivity contribution is 5.84. The van der Waals surface area contributed by atoms with Gasteiger partial charge in [0.05, 0.1) is 5.52 Å². The van der Waals surface area contributed by atoms with E-state index in [1.807, 2.05) is 30.3 Å². The van der Waals surface area contributed by atoms with Gasteiger partial charge in [-0.25, -0.2) is 0 Å². The summed E-state index contributed by atoms with van der Waals surface area (Å²) in [5.41, 5.74) is 4.46. The lowest BCUT2D eigenvalue weighted by Gasteiger charge is -2.38. The molecule has 6 rings (SSSR count). The Morgan fingerprint density at radius 3 is 1.81 bits per heavy atom. The fourth-order valence-electron chi connectivity index (χ4n) is 7.88. The average molecular weight is 698 g/mol. The first kappa shape index (κ1) is 37.2. The summed E-state index contributed by atoms with van der Waals surface area (Å²) in [6.45, 7) is 2.45. The molecule has 1 aromatic heterocycles. The third-order valence-corrected chi connectivity index (χ3v) is 10.8. The number of piperidine rings is 1. The zero-order chi connectivity index (χ0) is 35.9. The molecule has 2 N–H and O–H groups in total. The van der Waals surface area contributed by atoms with Gasteiger partial charge in [-0.3, -0.25) is 9.78 Å². The normalized spacial score (nSPS) is 14.6. The number of carbonyl (C=O) groups excluding carboxylic acids is 1. The van der Waals surface area contributed by atoms with Crippen LogP contribution in [0.3, 0.4) is 0 Å². The van der Waals surface area contributed by atoms with Crippen LogP contribution in [0.5, 0.6) is 5.75 Å². The molecule has 0 radical (unpaired) electrons. The van der Waals surface area contributed by atoms with Crippen molar-refractivity contribution >= 4 is 16.8 Å². The second-order valence-corrected chi connectivity index (χ2v) is 14.6. The number of β-amino-alcohol motifs (C(OH)–C–C–N with tert-alkyl or cyclic N) is 1. The van der Waals surface area contributed by atoms with Gasteiger partial charge in [-0.15, -0.1) is 0 Å². The Morgan fingerprint density at radius 2 is 1.27 bits per heavy atom. The van der Waals surface area contributed by atoms with Crippen molar-refractivity contribution in [2.75, 3.05) is 26.2 Å². The molecule has 0 bridgehead atoms. The number of aliphatic hydroxyl groups excluding tert-OH is 1. The van der Waals surface area contributed by atoms with E-state index in [4.69, 9.17) is 4.74 Å². The molecule has 1 fully saturated rings. The predicted molar refractivity (Wildman–Crippen MR) is 211 cm³/mol. The Bertz CT molecular complexity index is 1660. The molecule has 1 saturated heterocycles. The van der Waals surface area contributed by atoms with Crippen molar-refractivity contribution in [2.45, 2.75) is 82.8 Å². The molecule has 1 amide bonds. The molecule has 52 heavy (non-hydrogen) atoms. The number of fused-ring (bicyclic) bond motifs is 1. The van der Waals surface area contributed by atoms with Crippen molar-refractivity contribution < 1.29 is 14.6 Å². The molecule has 5 aromatic rings. The minimum atomic E-state index is -0.607. The summed E-state index contributed by atoms with van der Waals surface area (Å²) in [4.78, 5) is 21.4. The van der Waals surface area contributed by atoms with Gasteiger partial charge in [0.15, 0.2) is 0 Å². The Labute approximate surface area is 310 Å². The number of amides is 1. The van der Waals surface area contributed by atoms with Crippen molar-refractivity contribution in [3.05, 3.63) is 144 Å². The van der Waals surface area contributed by atoms with Crippen LogP contribution in [0.1, 0.15) is 68.1 Å². The topological polar surface area (TPSA) is 74.7 Å². The molecule has 1 aliphatic heterocycles. The molecule has 0 saturated carbocycles. The number of hydrogen-bond donors (Lipinski definition) is 2. The summed E-state index contributed by atoms with van der Waals surface area (Å²) in [7, 11) is 0. The maximum atomic E-state index is 14.6. The van der Waals surface area contributed by atoms with Crippen LogP contribution in [0.25, 0.3) is 10.9 Å². The number of hydrogen-bond acceptors (Lipinski definition) is 5. The monoisotopic (exact) mass is 697 g/mol. The number of ether oxygens (including phenoxy) is 1. The van der Waals surface area contributed by atoms with E-state index >= 15 is 0 Å². The Balaban J connectivity index is 1.07. The van der Waals surface area contributed by atoms with Gasteiger partial charge in [0.25, 0.3) is 0 Å². The number of rotatable bonds is 19. The van der Waals surface area contributed by atoms with E-state index in [0.29, 0.717) is 6.54 Å². The highest BCUT2D eigenvalue weighted by Gasteiger charge is 2.38. The van der Waals surface area contributed by atoms with Gasteiger partial charge in [0.2, 0.25) is 5.91 Å². The lowest BCUT2D eigenvalue weighted by Crippen LogP contribution is -2.51. The summed E-state index contributed by atoms with van der Waals surface area (Å²) < 4.78 is 6.04. The third-order valence-electron chi connectivity index (χ3n) is 10.8. The van der Waals surface area contributed by atoms with Crippen LogP contribution in [0.15, 0.2) is 128 Å². The van der Waals surface area contributed by atoms with Crippen molar-refractivity contribution in [2.24, 2.45) is 5.41 Å². The molecule has 6 heteroatoms. The van der Waals surface area contributed by atoms with Gasteiger partial charge < -0.3 is 20.1 Å². The maximum Gasteiger partial charge on any atom is 0.226 e. The van der Waals surface area contributed by atoms with Crippen LogP contribution < -0.4 is 10.1 Å². The molecular formula is C46H55N3O3. The van der Waals surface area contributed by atoms with Crippen LogP contribution in [0.2, 0.25) is 0 Å². The number of nitrogens with zero attached hydrogens (tertiary/aromatic N) is 2. The van der Waals surface area contributed by atoms with E-state index in [1.54, 1.807) is 6.20 Å². The number of aromatic nitrogens is 1. The summed E-state index contributed by atoms with van der Waals surface area (Å²) in [6.07, 6.45) is 11.5. The van der Waals surface area contributed by atoms with Crippen LogP contribution in [0, 0.1) is 5.41 Å². The number of aliphatic hydroxyl groups is 1. The van der Waals surface area contributed by atoms with Crippen molar-refractivity contribution in [3.63, 3.8) is 0 Å². The standard InChI is InChI=1S/C46H55N3O3/c50-41(36-52-44-26-10-25-43-42(44)24-14-32-47-43)35-49-33-27-40(28-34-49)48-45(51)46(29-11-21-37-15-4-1-5-16-37,30-12-22-38-17-6-2-7-18-38)31-13-23-39-19-8-3-9-20-39/h1-10,14-20,24-26,32,40-41,50H,11-13,21-23,27-31,33-36H2,(H,48,51). The van der Waals surface area contributed by atoms with Gasteiger partial charge in [-0.05, 0) is 112 Å². The van der Waals surface area contributed by atoms with E-state index in [1.165, 1.54) is 16.7 Å². The van der Waals surface area contributed by atoms with E-state index in [9.17, 15) is 9.90 Å². The van der Waals surface area contributed by atoms with Crippen molar-refractivity contribution in [1.29, 1.82) is 0 Å². The minimum Gasteiger partial charge on any atom is -0.490 e. The molecule has 4 aromatic carbocycles. The van der Waals surface area contributed by atoms with E-state index in [0.717, 1.165) is 100 Å². The van der Waals surface area contributed by atoms with Crippen LogP contribution >= 0.6 is 0 Å². The largest absolute Gasteiger partial charge is 0.490 e. The first-order valence-corrected chi connectivity index (χ1v) is 19.4. The summed E-state index contributed by atoms with van der Waals surface area (Å²) in [5, 5.41) is 15.4. The predicted octanol–water partition coefficient (Wildman–Crippen LogP) is 8.61. The summed E-state index contributed by atoms with van der Waals surface area (Å²) in [5.74, 6) is 0.976. The molecule has 0 aliphatic carbocycles. The fraction of sp³-hybridized carbons (Fsp3) is 0.391. The Kier molecular flexibility index (Phi) is 13.9.